The first kappa shape index (κ1) is 26.3. The van der Waals surface area contributed by atoms with Gasteiger partial charge in [0.15, 0.2) is 0 Å². The summed E-state index contributed by atoms with van der Waals surface area (Å²) >= 11 is 1.24. The second kappa shape index (κ2) is 10.8. The predicted molar refractivity (Wildman–Crippen MR) is 98.4 cm³/mol. The van der Waals surface area contributed by atoms with Crippen LogP contribution in [-0.2, 0) is 28.7 Å². The molecule has 0 aromatic carbocycles. The normalized spacial score (nSPS) is 20.9. The average molecular weight is 437 g/mol. The summed E-state index contributed by atoms with van der Waals surface area (Å²) in [7, 11) is 0. The van der Waals surface area contributed by atoms with Crippen molar-refractivity contribution in [1.82, 2.24) is 10.2 Å². The van der Waals surface area contributed by atoms with Crippen LogP contribution in [0.15, 0.2) is 11.3 Å². The molecule has 0 aromatic heterocycles. The van der Waals surface area contributed by atoms with Crippen LogP contribution in [0.25, 0.3) is 0 Å². The number of fused-ring (bicyclic) bond motifs is 1. The summed E-state index contributed by atoms with van der Waals surface area (Å²) in [5.74, 6) is -4.04. The van der Waals surface area contributed by atoms with Gasteiger partial charge in [0.25, 0.3) is 5.91 Å². The number of thioether (sulfide) groups is 1. The van der Waals surface area contributed by atoms with Gasteiger partial charge >= 0.3 is 17.9 Å². The summed E-state index contributed by atoms with van der Waals surface area (Å²) < 4.78 is 4.83. The number of β-lactam (4-membered cyclic amide) rings is 1. The fourth-order valence-electron chi connectivity index (χ4n) is 2.64. The van der Waals surface area contributed by atoms with E-state index in [1.807, 2.05) is 0 Å². The van der Waals surface area contributed by atoms with Crippen LogP contribution in [0, 0.1) is 0 Å². The maximum Gasteiger partial charge on any atom is 0.352 e. The van der Waals surface area contributed by atoms with Crippen molar-refractivity contribution in [3.63, 3.8) is 0 Å². The average Bonchev–Trinajstić information content (AvgIpc) is 2.60. The molecule has 2 aliphatic heterocycles. The number of carboxylic acid groups (broad SMARTS) is 2. The number of aliphatic carboxylic acids is 2. The molecule has 0 aromatic rings. The van der Waals surface area contributed by atoms with E-state index in [1.165, 1.54) is 18.7 Å². The number of esters is 1. The molecular formula is C15H23N3O10S. The van der Waals surface area contributed by atoms with Gasteiger partial charge in [-0.2, -0.15) is 0 Å². The maximum absolute atomic E-state index is 12.4. The lowest BCUT2D eigenvalue weighted by molar-refractivity contribution is -0.151. The number of hydrogen-bond acceptors (Lipinski definition) is 8. The van der Waals surface area contributed by atoms with Gasteiger partial charge in [0, 0.05) is 24.7 Å². The van der Waals surface area contributed by atoms with E-state index in [2.05, 4.69) is 5.32 Å². The van der Waals surface area contributed by atoms with Crippen molar-refractivity contribution in [2.75, 3.05) is 12.4 Å². The van der Waals surface area contributed by atoms with Gasteiger partial charge in [0.2, 0.25) is 5.91 Å². The highest BCUT2D eigenvalue weighted by Crippen LogP contribution is 2.40. The molecule has 2 aliphatic rings. The fourth-order valence-corrected chi connectivity index (χ4v) is 3.97. The first-order valence-corrected chi connectivity index (χ1v) is 8.99. The highest BCUT2D eigenvalue weighted by Gasteiger charge is 2.54. The van der Waals surface area contributed by atoms with Crippen molar-refractivity contribution in [1.29, 1.82) is 0 Å². The zero-order chi connectivity index (χ0) is 20.3. The molecule has 0 aliphatic carbocycles. The molecule has 164 valence electrons. The molecule has 0 spiro atoms. The zero-order valence-electron chi connectivity index (χ0n) is 15.3. The summed E-state index contributed by atoms with van der Waals surface area (Å²) in [6, 6.07) is -2.09. The molecule has 0 saturated carbocycles. The maximum atomic E-state index is 12.4. The van der Waals surface area contributed by atoms with E-state index in [-0.39, 0.29) is 41.9 Å². The minimum Gasteiger partial charge on any atom is -0.480 e. The third kappa shape index (κ3) is 5.90. The Labute approximate surface area is 168 Å². The lowest BCUT2D eigenvalue weighted by Crippen LogP contribution is -2.70. The number of nitrogens with zero attached hydrogens (tertiary/aromatic N) is 1. The Morgan fingerprint density at radius 2 is 1.93 bits per heavy atom. The standard InChI is InChI=1S/C15H19N3O8S.2H2O/c1-6(19)26-4-7-5-27-13-10(12(21)18(13)11(7)15(24)25)17-9(20)3-2-8(16)14(22)23;;/h8,10,13H,2-5,16H2,1H3,(H,17,20)(H,22,23)(H,24,25);2*1H2/t8-,10-,13-;;/m1../s1. The third-order valence-electron chi connectivity index (χ3n) is 4.02. The largest absolute Gasteiger partial charge is 0.480 e. The van der Waals surface area contributed by atoms with Crippen molar-refractivity contribution >= 4 is 41.5 Å². The van der Waals surface area contributed by atoms with E-state index in [4.69, 9.17) is 15.6 Å². The highest BCUT2D eigenvalue weighted by atomic mass is 32.2. The number of nitrogens with one attached hydrogen (secondary N) is 1. The van der Waals surface area contributed by atoms with Crippen LogP contribution in [0.5, 0.6) is 0 Å². The van der Waals surface area contributed by atoms with Gasteiger partial charge in [-0.1, -0.05) is 0 Å². The number of ether oxygens (including phenoxy) is 1. The monoisotopic (exact) mass is 437 g/mol. The smallest absolute Gasteiger partial charge is 0.352 e. The van der Waals surface area contributed by atoms with Gasteiger partial charge in [0.05, 0.1) is 0 Å². The molecule has 2 heterocycles. The Bertz CT molecular complexity index is 725. The van der Waals surface area contributed by atoms with Gasteiger partial charge in [-0.3, -0.25) is 24.1 Å². The van der Waals surface area contributed by atoms with Crippen LogP contribution >= 0.6 is 11.8 Å². The number of nitrogens with two attached hydrogens (primary N) is 1. The summed E-state index contributed by atoms with van der Waals surface area (Å²) in [4.78, 5) is 58.5. The summed E-state index contributed by atoms with van der Waals surface area (Å²) in [5, 5.41) is 20.0. The molecule has 1 saturated heterocycles. The van der Waals surface area contributed by atoms with Crippen LogP contribution in [-0.4, -0.2) is 85.6 Å². The van der Waals surface area contributed by atoms with Crippen molar-refractivity contribution < 1.29 is 49.9 Å². The molecule has 1 fully saturated rings. The number of rotatable bonds is 8. The first-order valence-electron chi connectivity index (χ1n) is 7.94. The molecule has 2 amide bonds. The molecule has 2 rings (SSSR count). The van der Waals surface area contributed by atoms with Gasteiger partial charge in [-0.25, -0.2) is 4.79 Å². The second-order valence-corrected chi connectivity index (χ2v) is 7.08. The number of hydrogen-bond donors (Lipinski definition) is 4. The minimum atomic E-state index is -1.33. The van der Waals surface area contributed by atoms with Crippen LogP contribution in [0.2, 0.25) is 0 Å². The topological polar surface area (TPSA) is 239 Å². The van der Waals surface area contributed by atoms with Gasteiger partial charge in [-0.05, 0) is 6.42 Å². The lowest BCUT2D eigenvalue weighted by Gasteiger charge is -2.49. The summed E-state index contributed by atoms with van der Waals surface area (Å²) in [6.45, 7) is 0.959. The molecule has 14 heteroatoms. The van der Waals surface area contributed by atoms with E-state index in [1.54, 1.807) is 0 Å². The van der Waals surface area contributed by atoms with Gasteiger partial charge in [-0.15, -0.1) is 11.8 Å². The van der Waals surface area contributed by atoms with Crippen LogP contribution in [0.4, 0.5) is 0 Å². The van der Waals surface area contributed by atoms with Crippen LogP contribution in [0.3, 0.4) is 0 Å². The Morgan fingerprint density at radius 3 is 2.45 bits per heavy atom. The molecule has 0 radical (unpaired) electrons. The van der Waals surface area contributed by atoms with E-state index >= 15 is 0 Å². The van der Waals surface area contributed by atoms with Crippen LogP contribution in [0.1, 0.15) is 19.8 Å². The van der Waals surface area contributed by atoms with Crippen molar-refractivity contribution in [3.8, 4) is 0 Å². The van der Waals surface area contributed by atoms with E-state index in [9.17, 15) is 29.1 Å². The Balaban J connectivity index is 0.00000392. The van der Waals surface area contributed by atoms with Crippen LogP contribution < -0.4 is 11.1 Å². The zero-order valence-corrected chi connectivity index (χ0v) is 16.2. The van der Waals surface area contributed by atoms with E-state index in [0.717, 1.165) is 4.90 Å². The van der Waals surface area contributed by atoms with Crippen molar-refractivity contribution in [2.45, 2.75) is 37.2 Å². The number of amides is 2. The van der Waals surface area contributed by atoms with Gasteiger partial charge < -0.3 is 37.0 Å². The summed E-state index contributed by atoms with van der Waals surface area (Å²) in [6.07, 6.45) is -0.260. The van der Waals surface area contributed by atoms with E-state index in [0.29, 0.717) is 5.57 Å². The number of carboxylic acids is 2. The SMILES string of the molecule is CC(=O)OCC1=C(C(=O)O)N2C(=O)[C@@H](NC(=O)CC[C@@H](N)C(=O)O)[C@H]2SC1.O.O. The highest BCUT2D eigenvalue weighted by molar-refractivity contribution is 8.00. The molecular weight excluding hydrogens is 414 g/mol. The Kier molecular flexibility index (Phi) is 9.76. The lowest BCUT2D eigenvalue weighted by atomic mass is 10.0. The molecule has 3 atom stereocenters. The third-order valence-corrected chi connectivity index (χ3v) is 5.36. The molecule has 9 N–H and O–H groups in total. The number of carbonyl (C=O) groups excluding carboxylic acids is 3. The first-order chi connectivity index (χ1) is 12.6. The quantitative estimate of drug-likeness (QED) is 0.219. The predicted octanol–water partition coefficient (Wildman–Crippen LogP) is -3.17. The second-order valence-electron chi connectivity index (χ2n) is 5.98. The number of carbonyl (C=O) groups is 5. The van der Waals surface area contributed by atoms with Crippen molar-refractivity contribution in [3.05, 3.63) is 11.3 Å². The molecule has 0 unspecified atom stereocenters. The molecule has 0 bridgehead atoms. The Morgan fingerprint density at radius 1 is 1.31 bits per heavy atom. The fraction of sp³-hybridized carbons (Fsp3) is 0.533. The summed E-state index contributed by atoms with van der Waals surface area (Å²) in [5.41, 5.74) is 5.38. The molecule has 13 nitrogen and oxygen atoms in total. The Hall–Kier alpha value is -2.68. The minimum absolute atomic E-state index is 0. The molecule has 29 heavy (non-hydrogen) atoms. The van der Waals surface area contributed by atoms with E-state index < -0.39 is 47.2 Å². The van der Waals surface area contributed by atoms with Crippen molar-refractivity contribution in [2.24, 2.45) is 5.73 Å². The van der Waals surface area contributed by atoms with Gasteiger partial charge in [0.1, 0.15) is 29.8 Å².